The summed E-state index contributed by atoms with van der Waals surface area (Å²) in [6.07, 6.45) is 1.68. The maximum Gasteiger partial charge on any atom is 0.313 e. The Morgan fingerprint density at radius 2 is 2.17 bits per heavy atom. The molecule has 1 heterocycles. The van der Waals surface area contributed by atoms with Gasteiger partial charge in [-0.1, -0.05) is 32.5 Å². The lowest BCUT2D eigenvalue weighted by Gasteiger charge is -2.19. The van der Waals surface area contributed by atoms with Crippen molar-refractivity contribution in [2.45, 2.75) is 32.5 Å². The molecule has 1 rings (SSSR count). The highest BCUT2D eigenvalue weighted by atomic mass is 32.2. The Hall–Kier alpha value is -1.30. The van der Waals surface area contributed by atoms with Crippen molar-refractivity contribution in [1.82, 2.24) is 9.55 Å². The van der Waals surface area contributed by atoms with Crippen LogP contribution in [0.2, 0.25) is 0 Å². The van der Waals surface area contributed by atoms with Crippen molar-refractivity contribution in [3.63, 3.8) is 0 Å². The molecule has 100 valence electrons. The van der Waals surface area contributed by atoms with Crippen molar-refractivity contribution in [1.29, 1.82) is 0 Å². The maximum absolute atomic E-state index is 11.2. The third kappa shape index (κ3) is 4.52. The zero-order valence-corrected chi connectivity index (χ0v) is 11.6. The second-order valence-electron chi connectivity index (χ2n) is 4.60. The molecule has 0 radical (unpaired) electrons. The highest BCUT2D eigenvalue weighted by molar-refractivity contribution is 7.99. The first-order valence-electron chi connectivity index (χ1n) is 5.82. The summed E-state index contributed by atoms with van der Waals surface area (Å²) in [5.74, 6) is -0.0613. The van der Waals surface area contributed by atoms with Gasteiger partial charge in [0.2, 0.25) is 0 Å². The molecule has 5 nitrogen and oxygen atoms in total. The van der Waals surface area contributed by atoms with E-state index in [1.54, 1.807) is 6.20 Å². The van der Waals surface area contributed by atoms with E-state index in [4.69, 9.17) is 5.11 Å². The fourth-order valence-electron chi connectivity index (χ4n) is 1.31. The second kappa shape index (κ2) is 6.58. The number of aromatic nitrogens is 2. The molecule has 0 aromatic carbocycles. The van der Waals surface area contributed by atoms with Crippen molar-refractivity contribution in [3.05, 3.63) is 22.6 Å². The third-order valence-electron chi connectivity index (χ3n) is 2.80. The summed E-state index contributed by atoms with van der Waals surface area (Å²) in [5, 5.41) is 9.14. The minimum atomic E-state index is -0.915. The Labute approximate surface area is 110 Å². The normalized spacial score (nSPS) is 12.7. The van der Waals surface area contributed by atoms with E-state index in [0.29, 0.717) is 17.0 Å². The Balaban J connectivity index is 2.89. The highest BCUT2D eigenvalue weighted by Crippen LogP contribution is 2.18. The van der Waals surface area contributed by atoms with Gasteiger partial charge in [0.15, 0.2) is 5.16 Å². The van der Waals surface area contributed by atoms with Gasteiger partial charge in [0.25, 0.3) is 5.56 Å². The molecule has 1 atom stereocenters. The number of rotatable bonds is 6. The molecule has 6 heteroatoms. The van der Waals surface area contributed by atoms with Crippen LogP contribution in [0.15, 0.2) is 22.2 Å². The Bertz CT molecular complexity index is 471. The van der Waals surface area contributed by atoms with Crippen LogP contribution in [0.1, 0.15) is 20.8 Å². The van der Waals surface area contributed by atoms with Crippen LogP contribution in [0.25, 0.3) is 0 Å². The number of aliphatic carboxylic acids is 1. The van der Waals surface area contributed by atoms with Gasteiger partial charge in [-0.3, -0.25) is 9.59 Å². The fourth-order valence-corrected chi connectivity index (χ4v) is 2.02. The molecule has 1 aromatic rings. The molecule has 0 saturated carbocycles. The summed E-state index contributed by atoms with van der Waals surface area (Å²) in [7, 11) is 0. The molecule has 0 saturated heterocycles. The first-order valence-corrected chi connectivity index (χ1v) is 6.80. The van der Waals surface area contributed by atoms with E-state index in [1.807, 2.05) is 4.57 Å². The highest BCUT2D eigenvalue weighted by Gasteiger charge is 2.12. The average Bonchev–Trinajstić information content (AvgIpc) is 2.29. The molecule has 1 N–H and O–H groups in total. The first kappa shape index (κ1) is 14.8. The van der Waals surface area contributed by atoms with Gasteiger partial charge in [0.1, 0.15) is 0 Å². The Morgan fingerprint density at radius 3 is 2.72 bits per heavy atom. The first-order chi connectivity index (χ1) is 8.40. The molecule has 0 spiro atoms. The van der Waals surface area contributed by atoms with Gasteiger partial charge in [0.05, 0.1) is 5.75 Å². The number of carboxylic acid groups (broad SMARTS) is 1. The van der Waals surface area contributed by atoms with Crippen LogP contribution >= 0.6 is 11.8 Å². The van der Waals surface area contributed by atoms with Crippen LogP contribution < -0.4 is 5.56 Å². The Morgan fingerprint density at radius 1 is 1.50 bits per heavy atom. The van der Waals surface area contributed by atoms with Crippen LogP contribution in [-0.4, -0.2) is 26.4 Å². The fraction of sp³-hybridized carbons (Fsp3) is 0.583. The van der Waals surface area contributed by atoms with Gasteiger partial charge in [-0.2, -0.15) is 4.98 Å². The van der Waals surface area contributed by atoms with Gasteiger partial charge in [-0.25, -0.2) is 0 Å². The van der Waals surface area contributed by atoms with Crippen molar-refractivity contribution < 1.29 is 9.90 Å². The van der Waals surface area contributed by atoms with Gasteiger partial charge in [-0.05, 0) is 11.8 Å². The van der Waals surface area contributed by atoms with Crippen LogP contribution in [0.5, 0.6) is 0 Å². The topological polar surface area (TPSA) is 72.2 Å². The summed E-state index contributed by atoms with van der Waals surface area (Å²) in [5.41, 5.74) is -0.337. The average molecular weight is 270 g/mol. The largest absolute Gasteiger partial charge is 0.481 e. The lowest BCUT2D eigenvalue weighted by molar-refractivity contribution is -0.133. The zero-order chi connectivity index (χ0) is 13.7. The summed E-state index contributed by atoms with van der Waals surface area (Å²) in [4.78, 5) is 25.6. The Kier molecular flexibility index (Phi) is 5.40. The van der Waals surface area contributed by atoms with Crippen LogP contribution in [-0.2, 0) is 11.3 Å². The lowest BCUT2D eigenvalue weighted by Crippen LogP contribution is -2.19. The molecule has 0 fully saturated rings. The summed E-state index contributed by atoms with van der Waals surface area (Å²) < 4.78 is 1.85. The summed E-state index contributed by atoms with van der Waals surface area (Å²) in [6, 6.07) is 1.40. The van der Waals surface area contributed by atoms with E-state index < -0.39 is 5.97 Å². The second-order valence-corrected chi connectivity index (χ2v) is 5.55. The van der Waals surface area contributed by atoms with E-state index in [1.165, 1.54) is 6.07 Å². The van der Waals surface area contributed by atoms with Crippen LogP contribution in [0.4, 0.5) is 0 Å². The minimum Gasteiger partial charge on any atom is -0.481 e. The number of hydrogen-bond acceptors (Lipinski definition) is 4. The monoisotopic (exact) mass is 270 g/mol. The molecule has 0 aliphatic rings. The van der Waals surface area contributed by atoms with Gasteiger partial charge in [-0.15, -0.1) is 0 Å². The van der Waals surface area contributed by atoms with Crippen molar-refractivity contribution in [2.24, 2.45) is 11.8 Å². The molecular formula is C12H18N2O3S. The van der Waals surface area contributed by atoms with Gasteiger partial charge in [0, 0.05) is 18.8 Å². The number of hydrogen-bond donors (Lipinski definition) is 1. The molecule has 18 heavy (non-hydrogen) atoms. The van der Waals surface area contributed by atoms with Crippen LogP contribution in [0.3, 0.4) is 0 Å². The molecule has 0 aliphatic carbocycles. The standard InChI is InChI=1S/C12H18N2O3S/c1-8(2)9(3)6-14-5-4-10(15)13-12(14)18-7-11(16)17/h4-5,8-9H,6-7H2,1-3H3,(H,16,17). The molecule has 0 amide bonds. The predicted molar refractivity (Wildman–Crippen MR) is 70.9 cm³/mol. The smallest absolute Gasteiger partial charge is 0.313 e. The minimum absolute atomic E-state index is 0.0908. The van der Waals surface area contributed by atoms with E-state index >= 15 is 0 Å². The third-order valence-corrected chi connectivity index (χ3v) is 3.77. The predicted octanol–water partition coefficient (Wildman–Crippen LogP) is 1.71. The number of thioether (sulfide) groups is 1. The molecular weight excluding hydrogens is 252 g/mol. The number of nitrogens with zero attached hydrogens (tertiary/aromatic N) is 2. The SMILES string of the molecule is CC(C)C(C)Cn1ccc(=O)nc1SCC(=O)O. The van der Waals surface area contributed by atoms with Gasteiger partial charge < -0.3 is 9.67 Å². The molecule has 0 aliphatic heterocycles. The number of carbonyl (C=O) groups is 1. The summed E-state index contributed by atoms with van der Waals surface area (Å²) >= 11 is 1.08. The van der Waals surface area contributed by atoms with E-state index in [2.05, 4.69) is 25.8 Å². The summed E-state index contributed by atoms with van der Waals surface area (Å²) in [6.45, 7) is 7.11. The van der Waals surface area contributed by atoms with Crippen LogP contribution in [0, 0.1) is 11.8 Å². The van der Waals surface area contributed by atoms with Crippen molar-refractivity contribution in [3.8, 4) is 0 Å². The zero-order valence-electron chi connectivity index (χ0n) is 10.8. The molecule has 1 unspecified atom stereocenters. The number of carboxylic acids is 1. The maximum atomic E-state index is 11.2. The van der Waals surface area contributed by atoms with Crippen molar-refractivity contribution >= 4 is 17.7 Å². The molecule has 0 bridgehead atoms. The van der Waals surface area contributed by atoms with Crippen molar-refractivity contribution in [2.75, 3.05) is 5.75 Å². The molecule has 1 aromatic heterocycles. The lowest BCUT2D eigenvalue weighted by atomic mass is 9.98. The van der Waals surface area contributed by atoms with E-state index in [-0.39, 0.29) is 11.3 Å². The van der Waals surface area contributed by atoms with Gasteiger partial charge >= 0.3 is 5.97 Å². The van der Waals surface area contributed by atoms with E-state index in [0.717, 1.165) is 18.3 Å². The quantitative estimate of drug-likeness (QED) is 0.629. The van der Waals surface area contributed by atoms with E-state index in [9.17, 15) is 9.59 Å².